The minimum atomic E-state index is -0.901. The molecule has 3 aliphatic rings. The van der Waals surface area contributed by atoms with Crippen LogP contribution in [-0.2, 0) is 19.2 Å². The van der Waals surface area contributed by atoms with Gasteiger partial charge in [0.05, 0.1) is 24.2 Å². The summed E-state index contributed by atoms with van der Waals surface area (Å²) >= 11 is 0. The van der Waals surface area contributed by atoms with Gasteiger partial charge < -0.3 is 9.47 Å². The molecule has 0 saturated carbocycles. The van der Waals surface area contributed by atoms with Gasteiger partial charge in [-0.05, 0) is 74.1 Å². The zero-order valence-corrected chi connectivity index (χ0v) is 21.2. The first-order valence-electron chi connectivity index (χ1n) is 13.0. The Morgan fingerprint density at radius 2 is 1.72 bits per heavy atom. The number of imide groups is 1. The maximum atomic E-state index is 14.0. The summed E-state index contributed by atoms with van der Waals surface area (Å²) in [6.07, 6.45) is 5.13. The van der Waals surface area contributed by atoms with Crippen LogP contribution < -0.4 is 14.7 Å². The second kappa shape index (κ2) is 9.97. The molecule has 0 unspecified atom stereocenters. The van der Waals surface area contributed by atoms with E-state index in [4.69, 9.17) is 14.3 Å². The molecular weight excluding hydrogens is 456 g/mol. The molecule has 2 aromatic rings. The Balaban J connectivity index is 1.51. The van der Waals surface area contributed by atoms with Crippen LogP contribution in [0.3, 0.4) is 0 Å². The fourth-order valence-electron chi connectivity index (χ4n) is 5.55. The molecule has 4 atom stereocenters. The number of fused-ring (bicyclic) bond motifs is 1. The molecular formula is C29H34N2O5. The van der Waals surface area contributed by atoms with Crippen LogP contribution in [0.25, 0.3) is 0 Å². The van der Waals surface area contributed by atoms with E-state index in [-0.39, 0.29) is 11.8 Å². The van der Waals surface area contributed by atoms with Gasteiger partial charge in [0.1, 0.15) is 23.3 Å². The Bertz CT molecular complexity index is 1130. The van der Waals surface area contributed by atoms with Crippen molar-refractivity contribution in [1.82, 2.24) is 0 Å². The maximum Gasteiger partial charge on any atom is 0.266 e. The predicted molar refractivity (Wildman–Crippen MR) is 138 cm³/mol. The lowest BCUT2D eigenvalue weighted by molar-refractivity contribution is -0.127. The van der Waals surface area contributed by atoms with Crippen LogP contribution in [0.1, 0.15) is 52.9 Å². The van der Waals surface area contributed by atoms with Gasteiger partial charge in [-0.1, -0.05) is 39.0 Å². The van der Waals surface area contributed by atoms with Crippen molar-refractivity contribution in [2.45, 2.75) is 70.6 Å². The molecule has 36 heavy (non-hydrogen) atoms. The molecule has 0 spiro atoms. The number of nitrogens with zero attached hydrogens (tertiary/aromatic N) is 2. The first-order valence-corrected chi connectivity index (χ1v) is 13.0. The van der Waals surface area contributed by atoms with Crippen LogP contribution in [0.5, 0.6) is 5.75 Å². The average Bonchev–Trinajstić information content (AvgIpc) is 3.44. The lowest BCUT2D eigenvalue weighted by atomic mass is 9.76. The van der Waals surface area contributed by atoms with Gasteiger partial charge in [0, 0.05) is 0 Å². The highest BCUT2D eigenvalue weighted by molar-refractivity contribution is 6.24. The standard InChI is InChI=1S/C29H34N2O5/c1-4-18-34-23-14-12-21(13-15-23)30-27(32)24-25(28(30)33)36-31(22-10-8-7-9-11-22)26(24)29(6-3)17-16-20(5-2)19-35-29/h7-15,19,24-26H,4-6,16-18H2,1-3H3/t24-,25-,26+,29+/m1/s1. The molecule has 3 heterocycles. The maximum absolute atomic E-state index is 14.0. The molecule has 2 saturated heterocycles. The topological polar surface area (TPSA) is 68.3 Å². The fraction of sp³-hybridized carbons (Fsp3) is 0.448. The number of amides is 2. The van der Waals surface area contributed by atoms with E-state index in [1.54, 1.807) is 29.3 Å². The van der Waals surface area contributed by atoms with Crippen molar-refractivity contribution in [3.63, 3.8) is 0 Å². The summed E-state index contributed by atoms with van der Waals surface area (Å²) < 4.78 is 12.1. The Labute approximate surface area is 212 Å². The molecule has 0 bridgehead atoms. The minimum absolute atomic E-state index is 0.252. The summed E-state index contributed by atoms with van der Waals surface area (Å²) in [6, 6.07) is 16.3. The van der Waals surface area contributed by atoms with E-state index < -0.39 is 23.7 Å². The number of rotatable bonds is 8. The third-order valence-corrected chi connectivity index (χ3v) is 7.62. The first kappa shape index (κ1) is 24.4. The number of hydrogen-bond acceptors (Lipinski definition) is 6. The average molecular weight is 491 g/mol. The van der Waals surface area contributed by atoms with Crippen LogP contribution in [0.15, 0.2) is 66.4 Å². The third-order valence-electron chi connectivity index (χ3n) is 7.62. The highest BCUT2D eigenvalue weighted by Crippen LogP contribution is 2.49. The Morgan fingerprint density at radius 3 is 2.33 bits per heavy atom. The number of hydroxylamine groups is 1. The molecule has 2 amide bonds. The lowest BCUT2D eigenvalue weighted by Crippen LogP contribution is -2.56. The van der Waals surface area contributed by atoms with E-state index >= 15 is 0 Å². The summed E-state index contributed by atoms with van der Waals surface area (Å²) in [7, 11) is 0. The molecule has 2 fully saturated rings. The van der Waals surface area contributed by atoms with Crippen LogP contribution >= 0.6 is 0 Å². The molecule has 3 aliphatic heterocycles. The van der Waals surface area contributed by atoms with Gasteiger partial charge in [-0.25, -0.2) is 9.96 Å². The summed E-state index contributed by atoms with van der Waals surface area (Å²) in [4.78, 5) is 35.2. The largest absolute Gasteiger partial charge is 0.494 e. The van der Waals surface area contributed by atoms with Gasteiger partial charge >= 0.3 is 0 Å². The molecule has 2 aromatic carbocycles. The highest BCUT2D eigenvalue weighted by atomic mass is 16.7. The first-order chi connectivity index (χ1) is 17.5. The molecule has 0 N–H and O–H groups in total. The van der Waals surface area contributed by atoms with E-state index in [0.717, 1.165) is 31.4 Å². The van der Waals surface area contributed by atoms with Crippen LogP contribution in [0.2, 0.25) is 0 Å². The van der Waals surface area contributed by atoms with E-state index in [1.165, 1.54) is 10.5 Å². The molecule has 190 valence electrons. The number of hydrogen-bond donors (Lipinski definition) is 0. The van der Waals surface area contributed by atoms with Gasteiger partial charge in [0.2, 0.25) is 5.91 Å². The van der Waals surface area contributed by atoms with Crippen molar-refractivity contribution < 1.29 is 23.9 Å². The zero-order chi connectivity index (χ0) is 25.3. The number of carbonyl (C=O) groups is 2. The van der Waals surface area contributed by atoms with Gasteiger partial charge in [-0.3, -0.25) is 14.4 Å². The van der Waals surface area contributed by atoms with Crippen LogP contribution in [0, 0.1) is 5.92 Å². The number of benzene rings is 2. The van der Waals surface area contributed by atoms with Crippen molar-refractivity contribution in [1.29, 1.82) is 0 Å². The second-order valence-electron chi connectivity index (χ2n) is 9.68. The molecule has 0 aromatic heterocycles. The summed E-state index contributed by atoms with van der Waals surface area (Å²) in [5.74, 6) is -0.562. The summed E-state index contributed by atoms with van der Waals surface area (Å²) in [5.41, 5.74) is 1.93. The van der Waals surface area contributed by atoms with E-state index in [1.807, 2.05) is 43.5 Å². The molecule has 5 rings (SSSR count). The van der Waals surface area contributed by atoms with Gasteiger partial charge in [0.25, 0.3) is 5.91 Å². The van der Waals surface area contributed by atoms with Crippen molar-refractivity contribution in [3.8, 4) is 5.75 Å². The molecule has 7 heteroatoms. The number of para-hydroxylation sites is 1. The summed E-state index contributed by atoms with van der Waals surface area (Å²) in [6.45, 7) is 6.86. The zero-order valence-electron chi connectivity index (χ0n) is 21.2. The van der Waals surface area contributed by atoms with Crippen molar-refractivity contribution in [2.24, 2.45) is 5.92 Å². The minimum Gasteiger partial charge on any atom is -0.494 e. The number of ether oxygens (including phenoxy) is 2. The molecule has 0 radical (unpaired) electrons. The highest BCUT2D eigenvalue weighted by Gasteiger charge is 2.65. The SMILES string of the molecule is CCCOc1ccc(N2C(=O)[C@H]3[C@@H]([C@]4(CC)CCC(CC)=CO4)N(c4ccccc4)O[C@H]3C2=O)cc1. The number of carbonyl (C=O) groups excluding carboxylic acids is 2. The van der Waals surface area contributed by atoms with Crippen molar-refractivity contribution in [2.75, 3.05) is 16.6 Å². The van der Waals surface area contributed by atoms with Gasteiger partial charge in [-0.15, -0.1) is 0 Å². The van der Waals surface area contributed by atoms with Crippen LogP contribution in [0.4, 0.5) is 11.4 Å². The fourth-order valence-corrected chi connectivity index (χ4v) is 5.55. The van der Waals surface area contributed by atoms with Gasteiger partial charge in [0.15, 0.2) is 6.10 Å². The number of anilines is 2. The normalized spacial score (nSPS) is 27.6. The second-order valence-corrected chi connectivity index (χ2v) is 9.68. The lowest BCUT2D eigenvalue weighted by Gasteiger charge is -2.45. The van der Waals surface area contributed by atoms with E-state index in [9.17, 15) is 9.59 Å². The third kappa shape index (κ3) is 4.05. The Kier molecular flexibility index (Phi) is 6.75. The molecule has 0 aliphatic carbocycles. The van der Waals surface area contributed by atoms with E-state index in [0.29, 0.717) is 24.5 Å². The summed E-state index contributed by atoms with van der Waals surface area (Å²) in [5, 5.41) is 1.76. The van der Waals surface area contributed by atoms with Crippen LogP contribution in [-0.4, -0.2) is 36.2 Å². The molecule has 7 nitrogen and oxygen atoms in total. The van der Waals surface area contributed by atoms with Crippen molar-refractivity contribution >= 4 is 23.2 Å². The Morgan fingerprint density at radius 1 is 0.972 bits per heavy atom. The van der Waals surface area contributed by atoms with E-state index in [2.05, 4.69) is 13.8 Å². The van der Waals surface area contributed by atoms with Crippen molar-refractivity contribution in [3.05, 3.63) is 66.4 Å². The smallest absolute Gasteiger partial charge is 0.266 e. The predicted octanol–water partition coefficient (Wildman–Crippen LogP) is 5.41. The Hall–Kier alpha value is -3.32. The van der Waals surface area contributed by atoms with Gasteiger partial charge in [-0.2, -0.15) is 0 Å². The number of allylic oxidation sites excluding steroid dienone is 1. The quantitative estimate of drug-likeness (QED) is 0.461. The monoisotopic (exact) mass is 490 g/mol.